The SMILES string of the molecule is CN1CC2CCC1CC2OC(=O)n1c(=O)[nH]c2ccccc21.Cl. The molecule has 0 amide bonds. The number of carbonyl (C=O) groups excluding carboxylic acids is 1. The second-order valence-corrected chi connectivity index (χ2v) is 6.37. The summed E-state index contributed by atoms with van der Waals surface area (Å²) in [7, 11) is 2.12. The zero-order valence-corrected chi connectivity index (χ0v) is 13.7. The van der Waals surface area contributed by atoms with Crippen LogP contribution in [0.3, 0.4) is 0 Å². The maximum absolute atomic E-state index is 12.5. The molecule has 23 heavy (non-hydrogen) atoms. The molecule has 1 aromatic carbocycles. The molecule has 3 aliphatic rings. The van der Waals surface area contributed by atoms with Gasteiger partial charge in [0.05, 0.1) is 11.0 Å². The molecule has 124 valence electrons. The molecule has 1 saturated carbocycles. The van der Waals surface area contributed by atoms with Crippen LogP contribution in [0, 0.1) is 5.92 Å². The number of aromatic nitrogens is 2. The summed E-state index contributed by atoms with van der Waals surface area (Å²) < 4.78 is 6.78. The van der Waals surface area contributed by atoms with Crippen LogP contribution in [-0.2, 0) is 4.74 Å². The number of nitrogens with one attached hydrogen (secondary N) is 1. The number of piperidine rings is 2. The number of halogens is 1. The van der Waals surface area contributed by atoms with E-state index in [-0.39, 0.29) is 18.5 Å². The van der Waals surface area contributed by atoms with Gasteiger partial charge in [-0.1, -0.05) is 12.1 Å². The molecule has 7 heteroatoms. The third-order valence-corrected chi connectivity index (χ3v) is 5.07. The fourth-order valence-electron chi connectivity index (χ4n) is 3.86. The Labute approximate surface area is 139 Å². The highest BCUT2D eigenvalue weighted by atomic mass is 35.5. The average Bonchev–Trinajstić information content (AvgIpc) is 2.84. The van der Waals surface area contributed by atoms with Crippen LogP contribution in [0.15, 0.2) is 29.1 Å². The van der Waals surface area contributed by atoms with Crippen LogP contribution in [0.25, 0.3) is 11.0 Å². The van der Waals surface area contributed by atoms with Crippen molar-refractivity contribution >= 4 is 29.5 Å². The number of H-pyrrole nitrogens is 1. The third-order valence-electron chi connectivity index (χ3n) is 5.07. The molecule has 5 rings (SSSR count). The van der Waals surface area contributed by atoms with E-state index < -0.39 is 11.8 Å². The van der Waals surface area contributed by atoms with E-state index in [2.05, 4.69) is 16.9 Å². The Hall–Kier alpha value is -1.79. The topological polar surface area (TPSA) is 67.3 Å². The Morgan fingerprint density at radius 2 is 2.09 bits per heavy atom. The van der Waals surface area contributed by atoms with Gasteiger partial charge in [-0.2, -0.15) is 4.57 Å². The number of fused-ring (bicyclic) bond motifs is 4. The summed E-state index contributed by atoms with van der Waals surface area (Å²) in [5.74, 6) is 0.375. The normalized spacial score (nSPS) is 26.9. The molecule has 2 aliphatic heterocycles. The van der Waals surface area contributed by atoms with Gasteiger partial charge < -0.3 is 14.6 Å². The lowest BCUT2D eigenvalue weighted by Gasteiger charge is -2.47. The zero-order chi connectivity index (χ0) is 15.3. The first-order chi connectivity index (χ1) is 10.6. The molecule has 1 N–H and O–H groups in total. The first kappa shape index (κ1) is 16.1. The fraction of sp³-hybridized carbons (Fsp3) is 0.500. The molecule has 3 heterocycles. The van der Waals surface area contributed by atoms with Gasteiger partial charge >= 0.3 is 11.8 Å². The number of benzene rings is 1. The highest BCUT2D eigenvalue weighted by Gasteiger charge is 2.41. The minimum absolute atomic E-state index is 0. The molecule has 0 radical (unpaired) electrons. The summed E-state index contributed by atoms with van der Waals surface area (Å²) in [5.41, 5.74) is 0.772. The lowest BCUT2D eigenvalue weighted by molar-refractivity contribution is -0.0457. The van der Waals surface area contributed by atoms with Gasteiger partial charge in [0.15, 0.2) is 0 Å². The van der Waals surface area contributed by atoms with E-state index in [1.807, 2.05) is 6.07 Å². The van der Waals surface area contributed by atoms with E-state index in [4.69, 9.17) is 4.74 Å². The first-order valence-corrected chi connectivity index (χ1v) is 7.74. The summed E-state index contributed by atoms with van der Waals surface area (Å²) in [6.45, 7) is 0.964. The number of aromatic amines is 1. The summed E-state index contributed by atoms with van der Waals surface area (Å²) in [6.07, 6.45) is 2.48. The first-order valence-electron chi connectivity index (χ1n) is 7.74. The predicted octanol–water partition coefficient (Wildman–Crippen LogP) is 2.22. The van der Waals surface area contributed by atoms with Gasteiger partial charge in [-0.15, -0.1) is 12.4 Å². The number of ether oxygens (including phenoxy) is 1. The van der Waals surface area contributed by atoms with Crippen molar-refractivity contribution in [1.29, 1.82) is 0 Å². The van der Waals surface area contributed by atoms with Gasteiger partial charge in [-0.25, -0.2) is 9.59 Å². The third kappa shape index (κ3) is 2.66. The van der Waals surface area contributed by atoms with Gasteiger partial charge in [0, 0.05) is 24.9 Å². The van der Waals surface area contributed by atoms with Crippen molar-refractivity contribution in [2.45, 2.75) is 31.4 Å². The fourth-order valence-corrected chi connectivity index (χ4v) is 3.86. The maximum Gasteiger partial charge on any atom is 0.423 e. The highest BCUT2D eigenvalue weighted by Crippen LogP contribution is 2.36. The minimum Gasteiger partial charge on any atom is -0.445 e. The Morgan fingerprint density at radius 3 is 2.78 bits per heavy atom. The quantitative estimate of drug-likeness (QED) is 0.866. The van der Waals surface area contributed by atoms with Crippen molar-refractivity contribution in [2.75, 3.05) is 13.6 Å². The summed E-state index contributed by atoms with van der Waals surface area (Å²) in [5, 5.41) is 0. The number of hydrogen-bond donors (Lipinski definition) is 1. The molecule has 1 aromatic heterocycles. The van der Waals surface area contributed by atoms with Crippen LogP contribution in [0.1, 0.15) is 19.3 Å². The molecular weight excluding hydrogens is 318 g/mol. The lowest BCUT2D eigenvalue weighted by Crippen LogP contribution is -2.53. The van der Waals surface area contributed by atoms with Crippen molar-refractivity contribution in [3.8, 4) is 0 Å². The molecule has 2 bridgehead atoms. The van der Waals surface area contributed by atoms with Crippen molar-refractivity contribution in [3.63, 3.8) is 0 Å². The van der Waals surface area contributed by atoms with Crippen LogP contribution < -0.4 is 5.69 Å². The summed E-state index contributed by atoms with van der Waals surface area (Å²) in [6, 6.07) is 7.64. The minimum atomic E-state index is -0.567. The smallest absolute Gasteiger partial charge is 0.423 e. The Bertz CT molecular complexity index is 784. The maximum atomic E-state index is 12.5. The second-order valence-electron chi connectivity index (χ2n) is 6.37. The van der Waals surface area contributed by atoms with E-state index in [1.54, 1.807) is 18.2 Å². The molecular formula is C16H20ClN3O3. The number of imidazole rings is 1. The van der Waals surface area contributed by atoms with Gasteiger partial charge in [0.25, 0.3) is 0 Å². The number of rotatable bonds is 1. The van der Waals surface area contributed by atoms with Crippen LogP contribution in [-0.4, -0.2) is 46.3 Å². The molecule has 0 spiro atoms. The van der Waals surface area contributed by atoms with Crippen molar-refractivity contribution < 1.29 is 9.53 Å². The standard InChI is InChI=1S/C16H19N3O3.ClH/c1-18-9-10-6-7-11(18)8-14(10)22-16(21)19-13-5-3-2-4-12(13)17-15(19)20;/h2-5,10-11,14H,6-9H2,1H3,(H,17,20);1H. The Kier molecular flexibility index (Phi) is 4.21. The summed E-state index contributed by atoms with van der Waals surface area (Å²) >= 11 is 0. The predicted molar refractivity (Wildman–Crippen MR) is 89.2 cm³/mol. The van der Waals surface area contributed by atoms with E-state index in [9.17, 15) is 9.59 Å². The van der Waals surface area contributed by atoms with Crippen molar-refractivity contribution in [1.82, 2.24) is 14.5 Å². The largest absolute Gasteiger partial charge is 0.445 e. The summed E-state index contributed by atoms with van der Waals surface area (Å²) in [4.78, 5) is 29.5. The monoisotopic (exact) mass is 337 g/mol. The second kappa shape index (κ2) is 6.02. The number of para-hydroxylation sites is 2. The van der Waals surface area contributed by atoms with Gasteiger partial charge in [0.1, 0.15) is 6.10 Å². The van der Waals surface area contributed by atoms with Gasteiger partial charge in [-0.3, -0.25) is 0 Å². The molecule has 6 nitrogen and oxygen atoms in total. The Balaban J connectivity index is 0.00000156. The van der Waals surface area contributed by atoms with E-state index in [0.717, 1.165) is 24.0 Å². The zero-order valence-electron chi connectivity index (χ0n) is 12.9. The molecule has 2 aromatic rings. The molecule has 3 fully saturated rings. The molecule has 3 atom stereocenters. The molecule has 2 saturated heterocycles. The molecule has 3 unspecified atom stereocenters. The van der Waals surface area contributed by atoms with E-state index >= 15 is 0 Å². The Morgan fingerprint density at radius 1 is 1.30 bits per heavy atom. The average molecular weight is 338 g/mol. The van der Waals surface area contributed by atoms with Crippen molar-refractivity contribution in [3.05, 3.63) is 34.7 Å². The van der Waals surface area contributed by atoms with E-state index in [0.29, 0.717) is 23.0 Å². The van der Waals surface area contributed by atoms with Crippen molar-refractivity contribution in [2.24, 2.45) is 5.92 Å². The molecule has 1 aliphatic carbocycles. The van der Waals surface area contributed by atoms with E-state index in [1.165, 1.54) is 6.42 Å². The number of nitrogens with zero attached hydrogens (tertiary/aromatic N) is 2. The number of hydrogen-bond acceptors (Lipinski definition) is 4. The van der Waals surface area contributed by atoms with Gasteiger partial charge in [-0.05, 0) is 32.0 Å². The van der Waals surface area contributed by atoms with Crippen LogP contribution in [0.2, 0.25) is 0 Å². The highest BCUT2D eigenvalue weighted by molar-refractivity contribution is 5.86. The van der Waals surface area contributed by atoms with Crippen LogP contribution in [0.4, 0.5) is 4.79 Å². The van der Waals surface area contributed by atoms with Crippen LogP contribution in [0.5, 0.6) is 0 Å². The lowest BCUT2D eigenvalue weighted by atomic mass is 9.78. The number of carbonyl (C=O) groups is 1. The van der Waals surface area contributed by atoms with Gasteiger partial charge in [0.2, 0.25) is 0 Å². The van der Waals surface area contributed by atoms with Crippen LogP contribution >= 0.6 is 12.4 Å².